The van der Waals surface area contributed by atoms with Crippen molar-refractivity contribution in [3.63, 3.8) is 0 Å². The molecule has 94 valence electrons. The number of ketones is 1. The second-order valence-electron chi connectivity index (χ2n) is 3.79. The number of halogens is 1. The topological polar surface area (TPSA) is 46.2 Å². The first kappa shape index (κ1) is 14.3. The van der Waals surface area contributed by atoms with Gasteiger partial charge in [0, 0.05) is 31.0 Å². The molecule has 0 aliphatic rings. The summed E-state index contributed by atoms with van der Waals surface area (Å²) in [6.07, 6.45) is 0.575. The minimum Gasteiger partial charge on any atom is -0.355 e. The maximum atomic E-state index is 11.2. The van der Waals surface area contributed by atoms with E-state index >= 15 is 0 Å². The van der Waals surface area contributed by atoms with E-state index in [9.17, 15) is 9.59 Å². The third kappa shape index (κ3) is 4.60. The number of rotatable bonds is 3. The number of benzene rings is 1. The number of hydrogen-bond acceptors (Lipinski definition) is 2. The van der Waals surface area contributed by atoms with Crippen LogP contribution in [0.4, 0.5) is 0 Å². The number of Topliss-reactive ketones (excluding diaryl/α,β-unsaturated/α-hetero) is 1. The molecule has 18 heavy (non-hydrogen) atoms. The van der Waals surface area contributed by atoms with Gasteiger partial charge in [-0.05, 0) is 25.1 Å². The quantitative estimate of drug-likeness (QED) is 0.517. The molecule has 3 nitrogen and oxygen atoms in total. The predicted octanol–water partition coefficient (Wildman–Crippen LogP) is 2.42. The molecule has 1 N–H and O–H groups in total. The zero-order valence-corrected chi connectivity index (χ0v) is 11.1. The molecule has 0 aliphatic heterocycles. The van der Waals surface area contributed by atoms with E-state index in [-0.39, 0.29) is 11.7 Å². The van der Waals surface area contributed by atoms with Gasteiger partial charge in [-0.3, -0.25) is 9.59 Å². The number of nitrogens with one attached hydrogen (secondary N) is 1. The second-order valence-corrected chi connectivity index (χ2v) is 4.19. The molecule has 0 saturated carbocycles. The van der Waals surface area contributed by atoms with Crippen LogP contribution in [0.2, 0.25) is 5.02 Å². The van der Waals surface area contributed by atoms with E-state index in [1.807, 2.05) is 0 Å². The molecule has 0 fully saturated rings. The summed E-state index contributed by atoms with van der Waals surface area (Å²) >= 11 is 5.96. The van der Waals surface area contributed by atoms with Gasteiger partial charge in [-0.1, -0.05) is 23.4 Å². The number of amides is 1. The molecule has 4 heteroatoms. The Morgan fingerprint density at radius 1 is 1.33 bits per heavy atom. The van der Waals surface area contributed by atoms with Gasteiger partial charge >= 0.3 is 0 Å². The minimum absolute atomic E-state index is 0.0642. The molecule has 0 heterocycles. The molecule has 1 amide bonds. The third-order valence-corrected chi connectivity index (χ3v) is 2.52. The highest BCUT2D eigenvalue weighted by Gasteiger charge is 2.04. The fourth-order valence-electron chi connectivity index (χ4n) is 1.34. The van der Waals surface area contributed by atoms with Gasteiger partial charge in [-0.2, -0.15) is 0 Å². The Balaban J connectivity index is 2.64. The maximum Gasteiger partial charge on any atom is 0.216 e. The lowest BCUT2D eigenvalue weighted by Crippen LogP contribution is -2.20. The molecule has 0 unspecified atom stereocenters. The Morgan fingerprint density at radius 2 is 2.06 bits per heavy atom. The first-order chi connectivity index (χ1) is 8.50. The van der Waals surface area contributed by atoms with Crippen molar-refractivity contribution in [1.82, 2.24) is 5.32 Å². The smallest absolute Gasteiger partial charge is 0.216 e. The monoisotopic (exact) mass is 263 g/mol. The van der Waals surface area contributed by atoms with Crippen molar-refractivity contribution in [1.29, 1.82) is 0 Å². The zero-order valence-electron chi connectivity index (χ0n) is 10.3. The van der Waals surface area contributed by atoms with Crippen molar-refractivity contribution < 1.29 is 9.59 Å². The van der Waals surface area contributed by atoms with Crippen LogP contribution in [0.1, 0.15) is 36.2 Å². The number of carbonyl (C=O) groups is 2. The van der Waals surface area contributed by atoms with Crippen LogP contribution in [0, 0.1) is 11.8 Å². The molecular formula is C14H14ClNO2. The van der Waals surface area contributed by atoms with Crippen LogP contribution in [-0.2, 0) is 4.79 Å². The van der Waals surface area contributed by atoms with Crippen LogP contribution in [0.25, 0.3) is 0 Å². The van der Waals surface area contributed by atoms with Crippen molar-refractivity contribution in [2.24, 2.45) is 0 Å². The van der Waals surface area contributed by atoms with Crippen LogP contribution in [0.5, 0.6) is 0 Å². The first-order valence-corrected chi connectivity index (χ1v) is 5.92. The highest BCUT2D eigenvalue weighted by atomic mass is 35.5. The Morgan fingerprint density at radius 3 is 2.61 bits per heavy atom. The minimum atomic E-state index is -0.0647. The molecular weight excluding hydrogens is 250 g/mol. The fraction of sp³-hybridized carbons (Fsp3) is 0.286. The highest BCUT2D eigenvalue weighted by Crippen LogP contribution is 2.17. The lowest BCUT2D eigenvalue weighted by atomic mass is 10.1. The fourth-order valence-corrected chi connectivity index (χ4v) is 1.66. The van der Waals surface area contributed by atoms with Gasteiger partial charge in [-0.15, -0.1) is 0 Å². The molecule has 1 aromatic rings. The van der Waals surface area contributed by atoms with Crippen LogP contribution in [0.3, 0.4) is 0 Å². The van der Waals surface area contributed by atoms with Crippen LogP contribution < -0.4 is 5.32 Å². The van der Waals surface area contributed by atoms with E-state index in [1.54, 1.807) is 18.2 Å². The third-order valence-electron chi connectivity index (χ3n) is 2.21. The molecule has 0 bridgehead atoms. The molecule has 0 radical (unpaired) electrons. The summed E-state index contributed by atoms with van der Waals surface area (Å²) in [5.74, 6) is 5.72. The Labute approximate surface area is 112 Å². The Kier molecular flexibility index (Phi) is 5.41. The van der Waals surface area contributed by atoms with Gasteiger partial charge in [0.15, 0.2) is 5.78 Å². The van der Waals surface area contributed by atoms with Gasteiger partial charge < -0.3 is 5.32 Å². The average Bonchev–Trinajstić information content (AvgIpc) is 2.27. The lowest BCUT2D eigenvalue weighted by Gasteiger charge is -1.99. The zero-order chi connectivity index (χ0) is 13.5. The predicted molar refractivity (Wildman–Crippen MR) is 71.6 cm³/mol. The number of hydrogen-bond donors (Lipinski definition) is 1. The largest absolute Gasteiger partial charge is 0.355 e. The average molecular weight is 264 g/mol. The molecule has 1 rings (SSSR count). The summed E-state index contributed by atoms with van der Waals surface area (Å²) < 4.78 is 0. The summed E-state index contributed by atoms with van der Waals surface area (Å²) in [7, 11) is 0. The molecule has 0 saturated heterocycles. The van der Waals surface area contributed by atoms with Crippen LogP contribution >= 0.6 is 11.6 Å². The van der Waals surface area contributed by atoms with Gasteiger partial charge in [0.25, 0.3) is 0 Å². The van der Waals surface area contributed by atoms with Crippen molar-refractivity contribution in [2.75, 3.05) is 6.54 Å². The van der Waals surface area contributed by atoms with Crippen molar-refractivity contribution in [3.05, 3.63) is 34.3 Å². The summed E-state index contributed by atoms with van der Waals surface area (Å²) in [6.45, 7) is 3.47. The van der Waals surface area contributed by atoms with E-state index in [0.717, 1.165) is 5.56 Å². The van der Waals surface area contributed by atoms with E-state index in [0.29, 0.717) is 23.6 Å². The highest BCUT2D eigenvalue weighted by molar-refractivity contribution is 6.33. The van der Waals surface area contributed by atoms with Crippen molar-refractivity contribution >= 4 is 23.3 Å². The van der Waals surface area contributed by atoms with Crippen molar-refractivity contribution in [3.8, 4) is 11.8 Å². The number of carbonyl (C=O) groups excluding carboxylic acids is 2. The SMILES string of the molecule is CC(=O)NCCC#Cc1ccc(C(C)=O)c(Cl)c1. The van der Waals surface area contributed by atoms with Gasteiger partial charge in [0.1, 0.15) is 0 Å². The molecule has 0 aromatic heterocycles. The summed E-state index contributed by atoms with van der Waals surface area (Å²) in [5, 5.41) is 3.07. The molecule has 0 atom stereocenters. The Bertz CT molecular complexity index is 526. The van der Waals surface area contributed by atoms with E-state index < -0.39 is 0 Å². The lowest BCUT2D eigenvalue weighted by molar-refractivity contribution is -0.118. The standard InChI is InChI=1S/C14H14ClNO2/c1-10(17)13-7-6-12(9-14(13)15)5-3-4-8-16-11(2)18/h6-7,9H,4,8H2,1-2H3,(H,16,18). The van der Waals surface area contributed by atoms with Gasteiger partial charge in [0.2, 0.25) is 5.91 Å². The van der Waals surface area contributed by atoms with Crippen molar-refractivity contribution in [2.45, 2.75) is 20.3 Å². The van der Waals surface area contributed by atoms with E-state index in [1.165, 1.54) is 13.8 Å². The maximum absolute atomic E-state index is 11.2. The first-order valence-electron chi connectivity index (χ1n) is 5.54. The van der Waals surface area contributed by atoms with E-state index in [2.05, 4.69) is 17.2 Å². The summed E-state index contributed by atoms with van der Waals surface area (Å²) in [5.41, 5.74) is 1.26. The molecule has 1 aromatic carbocycles. The summed E-state index contributed by atoms with van der Waals surface area (Å²) in [4.78, 5) is 21.8. The van der Waals surface area contributed by atoms with Crippen LogP contribution in [0.15, 0.2) is 18.2 Å². The second kappa shape index (κ2) is 6.83. The van der Waals surface area contributed by atoms with Crippen LogP contribution in [-0.4, -0.2) is 18.2 Å². The molecule has 0 spiro atoms. The van der Waals surface area contributed by atoms with E-state index in [4.69, 9.17) is 11.6 Å². The normalized spacial score (nSPS) is 9.28. The van der Waals surface area contributed by atoms with Gasteiger partial charge in [-0.25, -0.2) is 0 Å². The summed E-state index contributed by atoms with van der Waals surface area (Å²) in [6, 6.07) is 5.10. The molecule has 0 aliphatic carbocycles. The Hall–Kier alpha value is -1.79. The van der Waals surface area contributed by atoms with Gasteiger partial charge in [0.05, 0.1) is 5.02 Å².